The highest BCUT2D eigenvalue weighted by molar-refractivity contribution is 7.10. The average Bonchev–Trinajstić information content (AvgIpc) is 3.71. The van der Waals surface area contributed by atoms with Gasteiger partial charge in [0.15, 0.2) is 11.3 Å². The summed E-state index contributed by atoms with van der Waals surface area (Å²) in [5.74, 6) is -1.31. The molecule has 9 nitrogen and oxygen atoms in total. The summed E-state index contributed by atoms with van der Waals surface area (Å²) >= 11 is 7.69. The van der Waals surface area contributed by atoms with E-state index in [0.29, 0.717) is 37.5 Å². The van der Waals surface area contributed by atoms with E-state index in [2.05, 4.69) is 20.5 Å². The second kappa shape index (κ2) is 12.2. The number of ether oxygens (including phenoxy) is 2. The summed E-state index contributed by atoms with van der Waals surface area (Å²) in [5, 5.41) is 6.91. The van der Waals surface area contributed by atoms with Crippen molar-refractivity contribution in [2.24, 2.45) is 0 Å². The SMILES string of the molecule is O=C(NC(C(=O)NCCCN1CCOCC1)c1cccs1)c1nc2c(C(F)(F)F)cc(C3CC=CO3)cn2c1Cl. The van der Waals surface area contributed by atoms with Gasteiger partial charge in [0.1, 0.15) is 17.3 Å². The van der Waals surface area contributed by atoms with Crippen LogP contribution in [0, 0.1) is 0 Å². The van der Waals surface area contributed by atoms with Crippen LogP contribution in [0.1, 0.15) is 51.5 Å². The summed E-state index contributed by atoms with van der Waals surface area (Å²) in [6, 6.07) is 3.31. The summed E-state index contributed by atoms with van der Waals surface area (Å²) in [7, 11) is 0. The first kappa shape index (κ1) is 28.4. The van der Waals surface area contributed by atoms with Gasteiger partial charge in [-0.15, -0.1) is 11.3 Å². The van der Waals surface area contributed by atoms with Crippen molar-refractivity contribution < 1.29 is 32.2 Å². The van der Waals surface area contributed by atoms with Crippen LogP contribution in [0.2, 0.25) is 5.15 Å². The van der Waals surface area contributed by atoms with Crippen molar-refractivity contribution in [3.8, 4) is 0 Å². The van der Waals surface area contributed by atoms with Gasteiger partial charge >= 0.3 is 6.18 Å². The van der Waals surface area contributed by atoms with E-state index in [1.807, 2.05) is 0 Å². The van der Waals surface area contributed by atoms with E-state index >= 15 is 0 Å². The van der Waals surface area contributed by atoms with Gasteiger partial charge in [-0.2, -0.15) is 13.2 Å². The third kappa shape index (κ3) is 6.27. The van der Waals surface area contributed by atoms with E-state index in [0.717, 1.165) is 30.1 Å². The van der Waals surface area contributed by atoms with Crippen LogP contribution in [0.4, 0.5) is 13.2 Å². The topological polar surface area (TPSA) is 97.2 Å². The van der Waals surface area contributed by atoms with Gasteiger partial charge in [0, 0.05) is 42.7 Å². The monoisotopic (exact) mass is 597 g/mol. The van der Waals surface area contributed by atoms with Gasteiger partial charge in [0.05, 0.1) is 25.0 Å². The molecule has 2 unspecified atom stereocenters. The average molecular weight is 598 g/mol. The number of amides is 2. The van der Waals surface area contributed by atoms with Crippen molar-refractivity contribution in [1.29, 1.82) is 0 Å². The first-order valence-electron chi connectivity index (χ1n) is 12.7. The lowest BCUT2D eigenvalue weighted by Gasteiger charge is -2.26. The zero-order valence-electron chi connectivity index (χ0n) is 21.2. The molecule has 0 saturated carbocycles. The van der Waals surface area contributed by atoms with Gasteiger partial charge in [-0.05, 0) is 36.6 Å². The number of thiophene rings is 1. The highest BCUT2D eigenvalue weighted by Crippen LogP contribution is 2.38. The molecule has 5 heterocycles. The molecule has 40 heavy (non-hydrogen) atoms. The lowest BCUT2D eigenvalue weighted by molar-refractivity contribution is -0.136. The lowest BCUT2D eigenvalue weighted by atomic mass is 10.1. The molecule has 3 aromatic heterocycles. The zero-order valence-corrected chi connectivity index (χ0v) is 22.8. The Morgan fingerprint density at radius 3 is 2.75 bits per heavy atom. The third-order valence-corrected chi connectivity index (χ3v) is 7.98. The molecule has 0 spiro atoms. The number of fused-ring (bicyclic) bond motifs is 1. The highest BCUT2D eigenvalue weighted by atomic mass is 35.5. The molecule has 2 aliphatic heterocycles. The van der Waals surface area contributed by atoms with E-state index in [1.165, 1.54) is 23.8 Å². The van der Waals surface area contributed by atoms with Gasteiger partial charge < -0.3 is 20.1 Å². The maximum atomic E-state index is 14.0. The molecular weight excluding hydrogens is 571 g/mol. The summed E-state index contributed by atoms with van der Waals surface area (Å²) in [4.78, 5) is 33.2. The number of nitrogens with one attached hydrogen (secondary N) is 2. The van der Waals surface area contributed by atoms with E-state index in [1.54, 1.807) is 23.6 Å². The van der Waals surface area contributed by atoms with Crippen LogP contribution >= 0.6 is 22.9 Å². The minimum Gasteiger partial charge on any atom is -0.493 e. The van der Waals surface area contributed by atoms with Crippen LogP contribution in [0.5, 0.6) is 0 Å². The summed E-state index contributed by atoms with van der Waals surface area (Å²) in [5.41, 5.74) is -1.74. The Bertz CT molecular complexity index is 1380. The van der Waals surface area contributed by atoms with Crippen LogP contribution in [0.25, 0.3) is 5.65 Å². The third-order valence-electron chi connectivity index (χ3n) is 6.68. The van der Waals surface area contributed by atoms with Gasteiger partial charge in [-0.25, -0.2) is 4.98 Å². The molecule has 0 bridgehead atoms. The lowest BCUT2D eigenvalue weighted by Crippen LogP contribution is -2.42. The predicted octanol–water partition coefficient (Wildman–Crippen LogP) is 4.35. The van der Waals surface area contributed by atoms with E-state index in [4.69, 9.17) is 21.1 Å². The summed E-state index contributed by atoms with van der Waals surface area (Å²) in [6.45, 7) is 4.22. The largest absolute Gasteiger partial charge is 0.493 e. The van der Waals surface area contributed by atoms with E-state index < -0.39 is 47.0 Å². The Morgan fingerprint density at radius 1 is 1.27 bits per heavy atom. The Morgan fingerprint density at radius 2 is 2.08 bits per heavy atom. The number of alkyl halides is 3. The number of rotatable bonds is 9. The molecule has 2 atom stereocenters. The van der Waals surface area contributed by atoms with Gasteiger partial charge in [0.2, 0.25) is 5.91 Å². The quantitative estimate of drug-likeness (QED) is 0.356. The van der Waals surface area contributed by atoms with Crippen molar-refractivity contribution in [2.75, 3.05) is 39.4 Å². The smallest absolute Gasteiger partial charge is 0.419 e. The first-order chi connectivity index (χ1) is 19.2. The number of hydrogen-bond acceptors (Lipinski definition) is 7. The molecule has 0 aromatic carbocycles. The second-order valence-electron chi connectivity index (χ2n) is 9.38. The molecular formula is C26H27ClF3N5O4S. The van der Waals surface area contributed by atoms with Crippen molar-refractivity contribution in [3.05, 3.63) is 69.0 Å². The number of hydrogen-bond donors (Lipinski definition) is 2. The molecule has 5 rings (SSSR count). The number of pyridine rings is 1. The number of morpholine rings is 1. The van der Waals surface area contributed by atoms with Crippen LogP contribution in [-0.2, 0) is 20.4 Å². The molecule has 1 fully saturated rings. The summed E-state index contributed by atoms with van der Waals surface area (Å²) in [6.07, 6.45) is 0.240. The minimum absolute atomic E-state index is 0.240. The van der Waals surface area contributed by atoms with E-state index in [-0.39, 0.29) is 10.7 Å². The van der Waals surface area contributed by atoms with Gasteiger partial charge in [-0.1, -0.05) is 17.7 Å². The van der Waals surface area contributed by atoms with Gasteiger partial charge in [0.25, 0.3) is 5.91 Å². The minimum atomic E-state index is -4.76. The second-order valence-corrected chi connectivity index (χ2v) is 10.7. The van der Waals surface area contributed by atoms with Crippen LogP contribution < -0.4 is 10.6 Å². The van der Waals surface area contributed by atoms with Crippen molar-refractivity contribution in [2.45, 2.75) is 31.2 Å². The van der Waals surface area contributed by atoms with Crippen LogP contribution in [0.3, 0.4) is 0 Å². The normalized spacial score (nSPS) is 18.6. The number of nitrogens with zero attached hydrogens (tertiary/aromatic N) is 3. The number of imidazole rings is 1. The van der Waals surface area contributed by atoms with E-state index in [9.17, 15) is 22.8 Å². The number of halogens is 4. The maximum absolute atomic E-state index is 14.0. The fraction of sp³-hybridized carbons (Fsp3) is 0.423. The first-order valence-corrected chi connectivity index (χ1v) is 14.0. The van der Waals surface area contributed by atoms with Crippen LogP contribution in [0.15, 0.2) is 42.1 Å². The highest BCUT2D eigenvalue weighted by Gasteiger charge is 2.37. The van der Waals surface area contributed by atoms with Crippen molar-refractivity contribution in [3.63, 3.8) is 0 Å². The number of carbonyl (C=O) groups excluding carboxylic acids is 2. The molecule has 0 radical (unpaired) electrons. The molecule has 2 aliphatic rings. The molecule has 1 saturated heterocycles. The zero-order chi connectivity index (χ0) is 28.3. The summed E-state index contributed by atoms with van der Waals surface area (Å²) < 4.78 is 53.7. The molecule has 2 amide bonds. The predicted molar refractivity (Wildman–Crippen MR) is 142 cm³/mol. The van der Waals surface area contributed by atoms with Crippen molar-refractivity contribution in [1.82, 2.24) is 24.9 Å². The molecule has 0 aliphatic carbocycles. The number of carbonyl (C=O) groups is 2. The fourth-order valence-corrected chi connectivity index (χ4v) is 5.66. The molecule has 14 heteroatoms. The molecule has 3 aromatic rings. The van der Waals surface area contributed by atoms with Crippen molar-refractivity contribution >= 4 is 40.4 Å². The Hall–Kier alpha value is -3.13. The maximum Gasteiger partial charge on any atom is 0.419 e. The fourth-order valence-electron chi connectivity index (χ4n) is 4.63. The Balaban J connectivity index is 1.35. The van der Waals surface area contributed by atoms with Crippen LogP contribution in [-0.4, -0.2) is 65.5 Å². The molecule has 2 N–H and O–H groups in total. The Labute approximate surface area is 236 Å². The Kier molecular flexibility index (Phi) is 8.64. The van der Waals surface area contributed by atoms with Gasteiger partial charge in [-0.3, -0.25) is 18.9 Å². The standard InChI is InChI=1S/C26H27ClF3N5O4S/c27-22-21(32-23-17(26(28,29)30)14-16(15-35(22)23)18-4-1-10-39-18)25(37)33-20(19-5-2-13-40-19)24(36)31-6-3-7-34-8-11-38-12-9-34/h1-2,5,10,13-15,18,20H,3-4,6-9,11-12H2,(H,31,36)(H,33,37). The number of aromatic nitrogens is 2. The molecule has 214 valence electrons.